The number of amides is 1. The summed E-state index contributed by atoms with van der Waals surface area (Å²) >= 11 is 0. The van der Waals surface area contributed by atoms with Gasteiger partial charge in [-0.05, 0) is 38.8 Å². The Bertz CT molecular complexity index is 626. The second-order valence-corrected chi connectivity index (χ2v) is 5.51. The molecule has 0 aliphatic rings. The van der Waals surface area contributed by atoms with Crippen molar-refractivity contribution in [2.45, 2.75) is 33.2 Å². The van der Waals surface area contributed by atoms with Gasteiger partial charge in [0.25, 0.3) is 5.91 Å². The number of rotatable bonds is 6. The molecule has 1 aromatic carbocycles. The molecule has 2 aromatic rings. The number of aromatic nitrogens is 2. The average molecular weight is 298 g/mol. The van der Waals surface area contributed by atoms with Gasteiger partial charge in [-0.3, -0.25) is 4.79 Å². The molecule has 0 saturated carbocycles. The highest BCUT2D eigenvalue weighted by atomic mass is 16.1. The second-order valence-electron chi connectivity index (χ2n) is 5.51. The Kier molecular flexibility index (Phi) is 5.47. The average Bonchev–Trinajstić information content (AvgIpc) is 2.47. The summed E-state index contributed by atoms with van der Waals surface area (Å²) in [6.45, 7) is 6.42. The van der Waals surface area contributed by atoms with E-state index < -0.39 is 0 Å². The Hall–Kier alpha value is -2.43. The summed E-state index contributed by atoms with van der Waals surface area (Å²) in [5.41, 5.74) is 2.41. The molecule has 0 bridgehead atoms. The zero-order chi connectivity index (χ0) is 15.9. The van der Waals surface area contributed by atoms with E-state index in [-0.39, 0.29) is 11.9 Å². The summed E-state index contributed by atoms with van der Waals surface area (Å²) in [7, 11) is 0. The predicted octanol–water partition coefficient (Wildman–Crippen LogP) is 2.58. The predicted molar refractivity (Wildman–Crippen MR) is 88.0 cm³/mol. The molecular formula is C17H22N4O. The monoisotopic (exact) mass is 298 g/mol. The smallest absolute Gasteiger partial charge is 0.270 e. The molecule has 5 heteroatoms. The van der Waals surface area contributed by atoms with Gasteiger partial charge in [-0.2, -0.15) is 0 Å². The molecule has 116 valence electrons. The first kappa shape index (κ1) is 15.9. The van der Waals surface area contributed by atoms with Crippen molar-refractivity contribution >= 4 is 11.9 Å². The number of nitrogens with zero attached hydrogens (tertiary/aromatic N) is 2. The van der Waals surface area contributed by atoms with Crippen LogP contribution < -0.4 is 10.6 Å². The summed E-state index contributed by atoms with van der Waals surface area (Å²) in [5.74, 6) is 0.316. The summed E-state index contributed by atoms with van der Waals surface area (Å²) in [4.78, 5) is 20.6. The SMILES string of the molecule is Cc1cc(C(=O)NC(C)C)nc(NCCc2ccccc2)n1. The van der Waals surface area contributed by atoms with Gasteiger partial charge in [-0.25, -0.2) is 9.97 Å². The second kappa shape index (κ2) is 7.54. The lowest BCUT2D eigenvalue weighted by Gasteiger charge is -2.10. The van der Waals surface area contributed by atoms with Crippen LogP contribution in [0.4, 0.5) is 5.95 Å². The lowest BCUT2D eigenvalue weighted by atomic mass is 10.1. The number of carbonyl (C=O) groups is 1. The van der Waals surface area contributed by atoms with Gasteiger partial charge in [-0.15, -0.1) is 0 Å². The molecule has 0 aliphatic carbocycles. The normalized spacial score (nSPS) is 10.5. The Morgan fingerprint density at radius 3 is 2.59 bits per heavy atom. The first-order valence-electron chi connectivity index (χ1n) is 7.49. The summed E-state index contributed by atoms with van der Waals surface area (Å²) in [5, 5.41) is 6.02. The fraction of sp³-hybridized carbons (Fsp3) is 0.353. The van der Waals surface area contributed by atoms with Crippen LogP contribution in [0.15, 0.2) is 36.4 Å². The van der Waals surface area contributed by atoms with Crippen LogP contribution in [0.3, 0.4) is 0 Å². The van der Waals surface area contributed by atoms with E-state index in [0.29, 0.717) is 11.6 Å². The molecule has 0 saturated heterocycles. The highest BCUT2D eigenvalue weighted by Gasteiger charge is 2.11. The Labute approximate surface area is 131 Å². The van der Waals surface area contributed by atoms with Crippen LogP contribution in [0, 0.1) is 6.92 Å². The Balaban J connectivity index is 1.99. The number of carbonyl (C=O) groups excluding carboxylic acids is 1. The van der Waals surface area contributed by atoms with Gasteiger partial charge >= 0.3 is 0 Å². The molecule has 0 atom stereocenters. The van der Waals surface area contributed by atoms with Crippen LogP contribution in [0.25, 0.3) is 0 Å². The zero-order valence-electron chi connectivity index (χ0n) is 13.3. The summed E-state index contributed by atoms with van der Waals surface area (Å²) in [6, 6.07) is 12.0. The quantitative estimate of drug-likeness (QED) is 0.860. The van der Waals surface area contributed by atoms with Crippen LogP contribution in [-0.4, -0.2) is 28.5 Å². The lowest BCUT2D eigenvalue weighted by molar-refractivity contribution is 0.0938. The molecule has 5 nitrogen and oxygen atoms in total. The Morgan fingerprint density at radius 1 is 1.18 bits per heavy atom. The molecule has 0 aliphatic heterocycles. The zero-order valence-corrected chi connectivity index (χ0v) is 13.3. The molecular weight excluding hydrogens is 276 g/mol. The van der Waals surface area contributed by atoms with Crippen LogP contribution in [0.5, 0.6) is 0 Å². The number of hydrogen-bond acceptors (Lipinski definition) is 4. The van der Waals surface area contributed by atoms with Crippen molar-refractivity contribution < 1.29 is 4.79 Å². The van der Waals surface area contributed by atoms with Crippen LogP contribution >= 0.6 is 0 Å². The van der Waals surface area contributed by atoms with Gasteiger partial charge in [0.15, 0.2) is 0 Å². The minimum atomic E-state index is -0.174. The van der Waals surface area contributed by atoms with Crippen molar-refractivity contribution in [3.8, 4) is 0 Å². The van der Waals surface area contributed by atoms with Crippen LogP contribution in [0.1, 0.15) is 35.6 Å². The number of benzene rings is 1. The molecule has 0 radical (unpaired) electrons. The molecule has 1 amide bonds. The van der Waals surface area contributed by atoms with E-state index in [1.807, 2.05) is 39.0 Å². The fourth-order valence-corrected chi connectivity index (χ4v) is 2.06. The van der Waals surface area contributed by atoms with Gasteiger partial charge in [-0.1, -0.05) is 30.3 Å². The molecule has 0 unspecified atom stereocenters. The minimum absolute atomic E-state index is 0.0808. The maximum Gasteiger partial charge on any atom is 0.270 e. The largest absolute Gasteiger partial charge is 0.354 e. The van der Waals surface area contributed by atoms with Crippen molar-refractivity contribution in [3.63, 3.8) is 0 Å². The Morgan fingerprint density at radius 2 is 1.91 bits per heavy atom. The van der Waals surface area contributed by atoms with Crippen molar-refractivity contribution in [1.82, 2.24) is 15.3 Å². The van der Waals surface area contributed by atoms with E-state index in [4.69, 9.17) is 0 Å². The number of hydrogen-bond donors (Lipinski definition) is 2. The minimum Gasteiger partial charge on any atom is -0.354 e. The van der Waals surface area contributed by atoms with E-state index in [1.165, 1.54) is 5.56 Å². The number of anilines is 1. The van der Waals surface area contributed by atoms with Crippen molar-refractivity contribution in [2.75, 3.05) is 11.9 Å². The molecule has 1 heterocycles. The third-order valence-corrected chi connectivity index (χ3v) is 3.05. The first-order valence-corrected chi connectivity index (χ1v) is 7.49. The number of nitrogens with one attached hydrogen (secondary N) is 2. The van der Waals surface area contributed by atoms with Crippen molar-refractivity contribution in [3.05, 3.63) is 53.3 Å². The van der Waals surface area contributed by atoms with Gasteiger partial charge < -0.3 is 10.6 Å². The maximum atomic E-state index is 12.0. The van der Waals surface area contributed by atoms with Crippen LogP contribution in [0.2, 0.25) is 0 Å². The third-order valence-electron chi connectivity index (χ3n) is 3.05. The lowest BCUT2D eigenvalue weighted by Crippen LogP contribution is -2.31. The van der Waals surface area contributed by atoms with Gasteiger partial charge in [0.1, 0.15) is 5.69 Å². The molecule has 1 aromatic heterocycles. The van der Waals surface area contributed by atoms with Crippen LogP contribution in [-0.2, 0) is 6.42 Å². The maximum absolute atomic E-state index is 12.0. The molecule has 0 fully saturated rings. The number of aryl methyl sites for hydroxylation is 1. The van der Waals surface area contributed by atoms with Gasteiger partial charge in [0, 0.05) is 18.3 Å². The van der Waals surface area contributed by atoms with Crippen molar-refractivity contribution in [2.24, 2.45) is 0 Å². The topological polar surface area (TPSA) is 66.9 Å². The summed E-state index contributed by atoms with van der Waals surface area (Å²) < 4.78 is 0. The van der Waals surface area contributed by atoms with E-state index >= 15 is 0 Å². The van der Waals surface area contributed by atoms with Gasteiger partial charge in [0.2, 0.25) is 5.95 Å². The van der Waals surface area contributed by atoms with E-state index in [2.05, 4.69) is 32.7 Å². The van der Waals surface area contributed by atoms with E-state index in [0.717, 1.165) is 18.7 Å². The molecule has 2 N–H and O–H groups in total. The van der Waals surface area contributed by atoms with E-state index in [1.54, 1.807) is 6.07 Å². The third kappa shape index (κ3) is 4.84. The molecule has 2 rings (SSSR count). The fourth-order valence-electron chi connectivity index (χ4n) is 2.06. The first-order chi connectivity index (χ1) is 10.5. The highest BCUT2D eigenvalue weighted by Crippen LogP contribution is 2.06. The summed E-state index contributed by atoms with van der Waals surface area (Å²) in [6.07, 6.45) is 0.881. The standard InChI is InChI=1S/C17H22N4O/c1-12(2)19-16(22)15-11-13(3)20-17(21-15)18-10-9-14-7-5-4-6-8-14/h4-8,11-12H,9-10H2,1-3H3,(H,19,22)(H,18,20,21). The highest BCUT2D eigenvalue weighted by molar-refractivity contribution is 5.92. The van der Waals surface area contributed by atoms with E-state index in [9.17, 15) is 4.79 Å². The molecule has 0 spiro atoms. The van der Waals surface area contributed by atoms with Gasteiger partial charge in [0.05, 0.1) is 0 Å². The molecule has 22 heavy (non-hydrogen) atoms. The van der Waals surface area contributed by atoms with Crippen molar-refractivity contribution in [1.29, 1.82) is 0 Å².